The molecule has 2 heteroatoms. The zero-order chi connectivity index (χ0) is 8.91. The molecular weight excluding hydrogens is 154 g/mol. The quantitative estimate of drug-likeness (QED) is 0.506. The Morgan fingerprint density at radius 1 is 1.45 bits per heavy atom. The highest BCUT2D eigenvalue weighted by molar-refractivity contribution is 7.80. The van der Waals surface area contributed by atoms with E-state index in [0.29, 0.717) is 0 Å². The van der Waals surface area contributed by atoms with Crippen molar-refractivity contribution in [3.05, 3.63) is 12.2 Å². The fraction of sp³-hybridized carbons (Fsp3) is 0.667. The van der Waals surface area contributed by atoms with Gasteiger partial charge in [0.15, 0.2) is 0 Å². The van der Waals surface area contributed by atoms with E-state index in [-0.39, 0.29) is 5.41 Å². The summed E-state index contributed by atoms with van der Waals surface area (Å²) in [7, 11) is 0. The molecule has 0 aliphatic carbocycles. The van der Waals surface area contributed by atoms with Gasteiger partial charge in [-0.25, -0.2) is 0 Å². The lowest BCUT2D eigenvalue weighted by Gasteiger charge is -2.20. The van der Waals surface area contributed by atoms with E-state index in [1.807, 2.05) is 13.0 Å². The maximum atomic E-state index is 5.16. The molecule has 0 aromatic heterocycles. The summed E-state index contributed by atoms with van der Waals surface area (Å²) in [6, 6.07) is 0. The molecule has 0 rings (SSSR count). The van der Waals surface area contributed by atoms with E-state index >= 15 is 0 Å². The van der Waals surface area contributed by atoms with Crippen LogP contribution in [0, 0.1) is 5.41 Å². The summed E-state index contributed by atoms with van der Waals surface area (Å²) in [5, 5.41) is 3.17. The third-order valence-electron chi connectivity index (χ3n) is 1.30. The SMILES string of the molecule is CC=CCNC(=S)C(C)(C)C. The Labute approximate surface area is 74.9 Å². The van der Waals surface area contributed by atoms with Crippen LogP contribution in [0.2, 0.25) is 0 Å². The van der Waals surface area contributed by atoms with Crippen molar-refractivity contribution in [1.82, 2.24) is 5.32 Å². The first kappa shape index (κ1) is 10.6. The molecule has 0 amide bonds. The number of thiocarbonyl (C=S) groups is 1. The zero-order valence-electron chi connectivity index (χ0n) is 7.77. The van der Waals surface area contributed by atoms with E-state index in [1.54, 1.807) is 0 Å². The van der Waals surface area contributed by atoms with Crippen LogP contribution in [0.15, 0.2) is 12.2 Å². The Bertz CT molecular complexity index is 153. The lowest BCUT2D eigenvalue weighted by Crippen LogP contribution is -2.33. The summed E-state index contributed by atoms with van der Waals surface area (Å²) < 4.78 is 0. The number of hydrogen-bond donors (Lipinski definition) is 1. The minimum absolute atomic E-state index is 0.0942. The molecule has 0 saturated heterocycles. The Morgan fingerprint density at radius 2 is 2.00 bits per heavy atom. The van der Waals surface area contributed by atoms with Crippen LogP contribution in [-0.2, 0) is 0 Å². The molecule has 0 bridgehead atoms. The van der Waals surface area contributed by atoms with Crippen LogP contribution >= 0.6 is 12.2 Å². The van der Waals surface area contributed by atoms with Gasteiger partial charge in [-0.2, -0.15) is 0 Å². The van der Waals surface area contributed by atoms with Gasteiger partial charge in [0.05, 0.1) is 4.99 Å². The van der Waals surface area contributed by atoms with Gasteiger partial charge in [-0.1, -0.05) is 45.1 Å². The predicted molar refractivity (Wildman–Crippen MR) is 54.9 cm³/mol. The summed E-state index contributed by atoms with van der Waals surface area (Å²) in [5.74, 6) is 0. The van der Waals surface area contributed by atoms with Gasteiger partial charge in [0, 0.05) is 12.0 Å². The molecule has 0 radical (unpaired) electrons. The number of nitrogens with one attached hydrogen (secondary N) is 1. The van der Waals surface area contributed by atoms with E-state index in [1.165, 1.54) is 0 Å². The standard InChI is InChI=1S/C9H17NS/c1-5-6-7-10-8(11)9(2,3)4/h5-6H,7H2,1-4H3,(H,10,11). The van der Waals surface area contributed by atoms with Gasteiger partial charge in [0.25, 0.3) is 0 Å². The minimum Gasteiger partial charge on any atom is -0.376 e. The first-order chi connectivity index (χ1) is 4.98. The van der Waals surface area contributed by atoms with Crippen LogP contribution in [0.3, 0.4) is 0 Å². The predicted octanol–water partition coefficient (Wildman–Crippen LogP) is 2.53. The smallest absolute Gasteiger partial charge is 0.0810 e. The molecule has 0 spiro atoms. The Morgan fingerprint density at radius 3 is 2.36 bits per heavy atom. The second-order valence-electron chi connectivity index (χ2n) is 3.53. The van der Waals surface area contributed by atoms with Crippen molar-refractivity contribution in [2.45, 2.75) is 27.7 Å². The average molecular weight is 171 g/mol. The molecule has 0 heterocycles. The van der Waals surface area contributed by atoms with Crippen molar-refractivity contribution in [1.29, 1.82) is 0 Å². The van der Waals surface area contributed by atoms with Gasteiger partial charge < -0.3 is 5.32 Å². The monoisotopic (exact) mass is 171 g/mol. The van der Waals surface area contributed by atoms with Crippen LogP contribution in [0.1, 0.15) is 27.7 Å². The van der Waals surface area contributed by atoms with Crippen molar-refractivity contribution in [2.24, 2.45) is 5.41 Å². The van der Waals surface area contributed by atoms with Gasteiger partial charge in [-0.15, -0.1) is 0 Å². The van der Waals surface area contributed by atoms with Crippen LogP contribution in [-0.4, -0.2) is 11.5 Å². The van der Waals surface area contributed by atoms with Crippen LogP contribution in [0.25, 0.3) is 0 Å². The molecular formula is C9H17NS. The van der Waals surface area contributed by atoms with Crippen molar-refractivity contribution < 1.29 is 0 Å². The highest BCUT2D eigenvalue weighted by Crippen LogP contribution is 2.13. The van der Waals surface area contributed by atoms with Gasteiger partial charge in [-0.3, -0.25) is 0 Å². The molecule has 0 aromatic carbocycles. The van der Waals surface area contributed by atoms with Crippen molar-refractivity contribution in [3.8, 4) is 0 Å². The van der Waals surface area contributed by atoms with Crippen molar-refractivity contribution in [2.75, 3.05) is 6.54 Å². The van der Waals surface area contributed by atoms with Gasteiger partial charge in [0.1, 0.15) is 0 Å². The Kier molecular flexibility index (Phi) is 4.34. The Balaban J connectivity index is 3.71. The molecule has 0 unspecified atom stereocenters. The molecule has 0 aliphatic rings. The summed E-state index contributed by atoms with van der Waals surface area (Å²) in [6.07, 6.45) is 4.07. The normalized spacial score (nSPS) is 12.0. The molecule has 11 heavy (non-hydrogen) atoms. The van der Waals surface area contributed by atoms with Crippen molar-refractivity contribution in [3.63, 3.8) is 0 Å². The Hall–Kier alpha value is -0.370. The summed E-state index contributed by atoms with van der Waals surface area (Å²) in [5.41, 5.74) is 0.0942. The molecule has 1 nitrogen and oxygen atoms in total. The third kappa shape index (κ3) is 4.96. The van der Waals surface area contributed by atoms with E-state index in [2.05, 4.69) is 32.2 Å². The molecule has 0 aromatic rings. The second kappa shape index (κ2) is 4.50. The number of hydrogen-bond acceptors (Lipinski definition) is 1. The minimum atomic E-state index is 0.0942. The van der Waals surface area contributed by atoms with Gasteiger partial charge in [0.2, 0.25) is 0 Å². The fourth-order valence-corrected chi connectivity index (χ4v) is 0.618. The highest BCUT2D eigenvalue weighted by atomic mass is 32.1. The lowest BCUT2D eigenvalue weighted by atomic mass is 9.97. The highest BCUT2D eigenvalue weighted by Gasteiger charge is 2.15. The molecule has 0 saturated carbocycles. The van der Waals surface area contributed by atoms with Crippen LogP contribution in [0.5, 0.6) is 0 Å². The van der Waals surface area contributed by atoms with Crippen LogP contribution < -0.4 is 5.32 Å². The third-order valence-corrected chi connectivity index (χ3v) is 2.05. The van der Waals surface area contributed by atoms with Gasteiger partial charge in [-0.05, 0) is 6.92 Å². The summed E-state index contributed by atoms with van der Waals surface area (Å²) in [6.45, 7) is 9.17. The van der Waals surface area contributed by atoms with E-state index in [4.69, 9.17) is 12.2 Å². The molecule has 0 atom stereocenters. The maximum Gasteiger partial charge on any atom is 0.0810 e. The summed E-state index contributed by atoms with van der Waals surface area (Å²) in [4.78, 5) is 0.926. The molecule has 0 fully saturated rings. The fourth-order valence-electron chi connectivity index (χ4n) is 0.535. The van der Waals surface area contributed by atoms with E-state index < -0.39 is 0 Å². The van der Waals surface area contributed by atoms with Crippen LogP contribution in [0.4, 0.5) is 0 Å². The molecule has 1 N–H and O–H groups in total. The topological polar surface area (TPSA) is 12.0 Å². The number of allylic oxidation sites excluding steroid dienone is 1. The first-order valence-electron chi connectivity index (χ1n) is 3.88. The van der Waals surface area contributed by atoms with E-state index in [9.17, 15) is 0 Å². The maximum absolute atomic E-state index is 5.16. The van der Waals surface area contributed by atoms with E-state index in [0.717, 1.165) is 11.5 Å². The van der Waals surface area contributed by atoms with Crippen molar-refractivity contribution >= 4 is 17.2 Å². The lowest BCUT2D eigenvalue weighted by molar-refractivity contribution is 0.580. The zero-order valence-corrected chi connectivity index (χ0v) is 8.59. The first-order valence-corrected chi connectivity index (χ1v) is 4.28. The second-order valence-corrected chi connectivity index (χ2v) is 3.94. The van der Waals surface area contributed by atoms with Gasteiger partial charge >= 0.3 is 0 Å². The molecule has 64 valence electrons. The largest absolute Gasteiger partial charge is 0.376 e. The number of rotatable bonds is 2. The summed E-state index contributed by atoms with van der Waals surface area (Å²) >= 11 is 5.16. The molecule has 0 aliphatic heterocycles. The average Bonchev–Trinajstić information content (AvgIpc) is 1.86.